The van der Waals surface area contributed by atoms with Gasteiger partial charge in [-0.25, -0.2) is 4.98 Å². The lowest BCUT2D eigenvalue weighted by molar-refractivity contribution is -0.144. The normalized spacial score (nSPS) is 12.6. The van der Waals surface area contributed by atoms with Crippen molar-refractivity contribution in [2.75, 3.05) is 6.61 Å². The summed E-state index contributed by atoms with van der Waals surface area (Å²) in [5.74, 6) is 0.0380. The summed E-state index contributed by atoms with van der Waals surface area (Å²) >= 11 is 6.22. The van der Waals surface area contributed by atoms with Gasteiger partial charge in [0.25, 0.3) is 0 Å². The Labute approximate surface area is 117 Å². The number of fused-ring (bicyclic) bond motifs is 1. The molecule has 4 nitrogen and oxygen atoms in total. The standard InChI is InChI=1S/C14H17ClN2O2/c1-4-17-12-10(15)7-6-8-11(12)16-13(17)9(3)14(18)19-5-2/h6-9H,4-5H2,1-3H3. The highest BCUT2D eigenvalue weighted by atomic mass is 35.5. The topological polar surface area (TPSA) is 44.1 Å². The maximum absolute atomic E-state index is 11.9. The summed E-state index contributed by atoms with van der Waals surface area (Å²) in [5.41, 5.74) is 1.68. The Morgan fingerprint density at radius 2 is 2.21 bits per heavy atom. The number of hydrogen-bond acceptors (Lipinski definition) is 3. The molecule has 0 amide bonds. The average molecular weight is 281 g/mol. The third-order valence-electron chi connectivity index (χ3n) is 3.09. The van der Waals surface area contributed by atoms with Gasteiger partial charge >= 0.3 is 5.97 Å². The summed E-state index contributed by atoms with van der Waals surface area (Å²) in [5, 5.41) is 0.647. The first-order valence-electron chi connectivity index (χ1n) is 6.41. The quantitative estimate of drug-likeness (QED) is 0.807. The number of aromatic nitrogens is 2. The highest BCUT2D eigenvalue weighted by Gasteiger charge is 2.23. The molecule has 102 valence electrons. The van der Waals surface area contributed by atoms with Gasteiger partial charge in [0, 0.05) is 6.54 Å². The molecule has 2 rings (SSSR count). The Balaban J connectivity index is 2.54. The van der Waals surface area contributed by atoms with Crippen molar-refractivity contribution >= 4 is 28.6 Å². The number of halogens is 1. The molecule has 2 aromatic rings. The van der Waals surface area contributed by atoms with Crippen molar-refractivity contribution in [1.82, 2.24) is 9.55 Å². The Morgan fingerprint density at radius 3 is 2.84 bits per heavy atom. The number of para-hydroxylation sites is 1. The number of benzene rings is 1. The van der Waals surface area contributed by atoms with Crippen LogP contribution >= 0.6 is 11.6 Å². The lowest BCUT2D eigenvalue weighted by Gasteiger charge is -2.12. The van der Waals surface area contributed by atoms with Crippen LogP contribution in [0.3, 0.4) is 0 Å². The smallest absolute Gasteiger partial charge is 0.316 e. The van der Waals surface area contributed by atoms with Crippen LogP contribution in [0.5, 0.6) is 0 Å². The number of carbonyl (C=O) groups excluding carboxylic acids is 1. The molecule has 0 saturated heterocycles. The molecule has 19 heavy (non-hydrogen) atoms. The summed E-state index contributed by atoms with van der Waals surface area (Å²) in [6.07, 6.45) is 0. The number of imidazole rings is 1. The van der Waals surface area contributed by atoms with Crippen LogP contribution in [0.1, 0.15) is 32.5 Å². The van der Waals surface area contributed by atoms with Crippen molar-refractivity contribution in [1.29, 1.82) is 0 Å². The summed E-state index contributed by atoms with van der Waals surface area (Å²) in [6.45, 7) is 6.69. The van der Waals surface area contributed by atoms with Gasteiger partial charge in [-0.05, 0) is 32.9 Å². The molecule has 0 bridgehead atoms. The highest BCUT2D eigenvalue weighted by molar-refractivity contribution is 6.35. The highest BCUT2D eigenvalue weighted by Crippen LogP contribution is 2.28. The van der Waals surface area contributed by atoms with E-state index in [1.54, 1.807) is 13.8 Å². The molecule has 0 aliphatic rings. The molecular weight excluding hydrogens is 264 g/mol. The summed E-state index contributed by atoms with van der Waals surface area (Å²) in [4.78, 5) is 16.4. The monoisotopic (exact) mass is 280 g/mol. The molecule has 1 aromatic carbocycles. The van der Waals surface area contributed by atoms with Crippen molar-refractivity contribution in [3.05, 3.63) is 29.0 Å². The van der Waals surface area contributed by atoms with Crippen LogP contribution < -0.4 is 0 Å². The van der Waals surface area contributed by atoms with Crippen molar-refractivity contribution in [2.24, 2.45) is 0 Å². The van der Waals surface area contributed by atoms with Crippen LogP contribution in [0.25, 0.3) is 11.0 Å². The fraction of sp³-hybridized carbons (Fsp3) is 0.429. The van der Waals surface area contributed by atoms with Gasteiger partial charge in [-0.2, -0.15) is 0 Å². The number of hydrogen-bond donors (Lipinski definition) is 0. The van der Waals surface area contributed by atoms with Crippen LogP contribution in [-0.2, 0) is 16.1 Å². The number of carbonyl (C=O) groups is 1. The van der Waals surface area contributed by atoms with E-state index >= 15 is 0 Å². The van der Waals surface area contributed by atoms with Gasteiger partial charge in [0.05, 0.1) is 22.7 Å². The van der Waals surface area contributed by atoms with Crippen LogP contribution in [0.2, 0.25) is 5.02 Å². The molecule has 0 saturated carbocycles. The van der Waals surface area contributed by atoms with Crippen molar-refractivity contribution in [3.8, 4) is 0 Å². The Morgan fingerprint density at radius 1 is 1.47 bits per heavy atom. The van der Waals surface area contributed by atoms with E-state index in [1.807, 2.05) is 29.7 Å². The van der Waals surface area contributed by atoms with E-state index < -0.39 is 5.92 Å². The second kappa shape index (κ2) is 5.61. The van der Waals surface area contributed by atoms with Crippen molar-refractivity contribution in [2.45, 2.75) is 33.2 Å². The minimum absolute atomic E-state index is 0.261. The van der Waals surface area contributed by atoms with E-state index in [0.717, 1.165) is 11.0 Å². The van der Waals surface area contributed by atoms with Crippen molar-refractivity contribution in [3.63, 3.8) is 0 Å². The lowest BCUT2D eigenvalue weighted by Crippen LogP contribution is -2.17. The van der Waals surface area contributed by atoms with Crippen LogP contribution in [0, 0.1) is 0 Å². The zero-order valence-electron chi connectivity index (χ0n) is 11.3. The van der Waals surface area contributed by atoms with Gasteiger partial charge < -0.3 is 9.30 Å². The zero-order chi connectivity index (χ0) is 14.0. The number of rotatable bonds is 4. The van der Waals surface area contributed by atoms with Gasteiger partial charge in [0.15, 0.2) is 0 Å². The van der Waals surface area contributed by atoms with Crippen LogP contribution in [-0.4, -0.2) is 22.1 Å². The summed E-state index contributed by atoms with van der Waals surface area (Å²) in [6, 6.07) is 5.59. The van der Waals surface area contributed by atoms with Crippen molar-refractivity contribution < 1.29 is 9.53 Å². The Bertz CT molecular complexity index is 607. The Kier molecular flexibility index (Phi) is 4.10. The second-order valence-corrected chi connectivity index (χ2v) is 4.70. The molecule has 0 aliphatic heterocycles. The molecule has 1 unspecified atom stereocenters. The number of aryl methyl sites for hydroxylation is 1. The molecule has 0 spiro atoms. The van der Waals surface area contributed by atoms with E-state index in [4.69, 9.17) is 16.3 Å². The van der Waals surface area contributed by atoms with Gasteiger partial charge in [-0.3, -0.25) is 4.79 Å². The van der Waals surface area contributed by atoms with Crippen LogP contribution in [0.4, 0.5) is 0 Å². The Hall–Kier alpha value is -1.55. The van der Waals surface area contributed by atoms with Gasteiger partial charge in [-0.15, -0.1) is 0 Å². The first-order valence-corrected chi connectivity index (χ1v) is 6.79. The fourth-order valence-corrected chi connectivity index (χ4v) is 2.45. The first kappa shape index (κ1) is 13.9. The molecule has 0 N–H and O–H groups in total. The average Bonchev–Trinajstić information content (AvgIpc) is 2.78. The van der Waals surface area contributed by atoms with E-state index in [2.05, 4.69) is 4.98 Å². The third kappa shape index (κ3) is 2.45. The minimum atomic E-state index is -0.400. The minimum Gasteiger partial charge on any atom is -0.465 e. The molecular formula is C14H17ClN2O2. The molecule has 0 radical (unpaired) electrons. The van der Waals surface area contributed by atoms with Gasteiger partial charge in [0.2, 0.25) is 0 Å². The summed E-state index contributed by atoms with van der Waals surface area (Å²) < 4.78 is 7.03. The second-order valence-electron chi connectivity index (χ2n) is 4.30. The predicted octanol–water partition coefficient (Wildman–Crippen LogP) is 3.38. The van der Waals surface area contributed by atoms with Gasteiger partial charge in [-0.1, -0.05) is 17.7 Å². The number of nitrogens with zero attached hydrogens (tertiary/aromatic N) is 2. The molecule has 0 aliphatic carbocycles. The molecule has 5 heteroatoms. The van der Waals surface area contributed by atoms with E-state index in [9.17, 15) is 4.79 Å². The fourth-order valence-electron chi connectivity index (χ4n) is 2.18. The van der Waals surface area contributed by atoms with E-state index in [-0.39, 0.29) is 5.97 Å². The predicted molar refractivity (Wildman–Crippen MR) is 75.5 cm³/mol. The number of ether oxygens (including phenoxy) is 1. The molecule has 1 atom stereocenters. The lowest BCUT2D eigenvalue weighted by atomic mass is 10.1. The van der Waals surface area contributed by atoms with Gasteiger partial charge in [0.1, 0.15) is 11.7 Å². The maximum Gasteiger partial charge on any atom is 0.316 e. The first-order chi connectivity index (χ1) is 9.10. The SMILES string of the molecule is CCOC(=O)C(C)c1nc2cccc(Cl)c2n1CC. The third-order valence-corrected chi connectivity index (χ3v) is 3.40. The molecule has 1 heterocycles. The van der Waals surface area contributed by atoms with E-state index in [1.165, 1.54) is 0 Å². The van der Waals surface area contributed by atoms with E-state index in [0.29, 0.717) is 24.0 Å². The maximum atomic E-state index is 11.9. The summed E-state index contributed by atoms with van der Waals surface area (Å²) in [7, 11) is 0. The largest absolute Gasteiger partial charge is 0.465 e. The molecule has 1 aromatic heterocycles. The number of esters is 1. The zero-order valence-corrected chi connectivity index (χ0v) is 12.1. The van der Waals surface area contributed by atoms with Crippen LogP contribution in [0.15, 0.2) is 18.2 Å². The molecule has 0 fully saturated rings.